The molecule has 2 aliphatic rings. The van der Waals surface area contributed by atoms with Gasteiger partial charge in [-0.05, 0) is 43.7 Å². The van der Waals surface area contributed by atoms with Crippen LogP contribution in [-0.4, -0.2) is 57.0 Å². The summed E-state index contributed by atoms with van der Waals surface area (Å²) < 4.78 is 23.5. The van der Waals surface area contributed by atoms with E-state index in [1.165, 1.54) is 19.3 Å². The van der Waals surface area contributed by atoms with Crippen LogP contribution >= 0.6 is 0 Å². The summed E-state index contributed by atoms with van der Waals surface area (Å²) in [7, 11) is -2.80. The highest BCUT2D eigenvalue weighted by molar-refractivity contribution is 7.91. The topological polar surface area (TPSA) is 49.4 Å². The molecular weight excluding hydrogens is 284 g/mol. The largest absolute Gasteiger partial charge is 0.313 e. The first kappa shape index (κ1) is 17.2. The molecule has 2 rings (SSSR count). The van der Waals surface area contributed by atoms with Crippen molar-refractivity contribution in [2.24, 2.45) is 11.3 Å². The fourth-order valence-electron chi connectivity index (χ4n) is 4.14. The van der Waals surface area contributed by atoms with Crippen molar-refractivity contribution >= 4 is 9.84 Å². The molecule has 0 aromatic heterocycles. The summed E-state index contributed by atoms with van der Waals surface area (Å²) in [5, 5.41) is 3.70. The monoisotopic (exact) mass is 316 g/mol. The number of nitrogens with zero attached hydrogens (tertiary/aromatic N) is 1. The fourth-order valence-corrected chi connectivity index (χ4v) is 5.45. The molecule has 1 saturated heterocycles. The van der Waals surface area contributed by atoms with Crippen molar-refractivity contribution in [1.82, 2.24) is 10.2 Å². The molecule has 0 spiro atoms. The number of hydrogen-bond donors (Lipinski definition) is 1. The molecule has 1 aliphatic heterocycles. The van der Waals surface area contributed by atoms with Gasteiger partial charge in [0.05, 0.1) is 11.5 Å². The average molecular weight is 317 g/mol. The third-order valence-electron chi connectivity index (χ3n) is 5.27. The molecule has 1 saturated carbocycles. The molecule has 1 heterocycles. The molecule has 0 amide bonds. The Labute approximate surface area is 130 Å². The van der Waals surface area contributed by atoms with Crippen LogP contribution in [0.2, 0.25) is 0 Å². The Morgan fingerprint density at radius 2 is 1.95 bits per heavy atom. The van der Waals surface area contributed by atoms with E-state index < -0.39 is 9.84 Å². The van der Waals surface area contributed by atoms with Gasteiger partial charge in [0.1, 0.15) is 0 Å². The van der Waals surface area contributed by atoms with Crippen LogP contribution in [0, 0.1) is 11.3 Å². The third-order valence-corrected chi connectivity index (χ3v) is 6.99. The van der Waals surface area contributed by atoms with Crippen LogP contribution in [0.15, 0.2) is 0 Å². The molecule has 0 bridgehead atoms. The van der Waals surface area contributed by atoms with Crippen LogP contribution in [0.25, 0.3) is 0 Å². The molecule has 4 nitrogen and oxygen atoms in total. The van der Waals surface area contributed by atoms with Gasteiger partial charge < -0.3 is 10.2 Å². The predicted molar refractivity (Wildman–Crippen MR) is 88.3 cm³/mol. The quantitative estimate of drug-likeness (QED) is 0.861. The van der Waals surface area contributed by atoms with Gasteiger partial charge in [0.15, 0.2) is 9.84 Å². The van der Waals surface area contributed by atoms with E-state index in [1.807, 2.05) is 0 Å². The molecule has 21 heavy (non-hydrogen) atoms. The lowest BCUT2D eigenvalue weighted by Crippen LogP contribution is -2.53. The Morgan fingerprint density at radius 1 is 1.19 bits per heavy atom. The van der Waals surface area contributed by atoms with Gasteiger partial charge in [-0.15, -0.1) is 0 Å². The van der Waals surface area contributed by atoms with Crippen molar-refractivity contribution in [2.45, 2.75) is 52.5 Å². The van der Waals surface area contributed by atoms with Crippen LogP contribution in [0.1, 0.15) is 46.5 Å². The molecule has 0 aromatic carbocycles. The number of nitrogens with one attached hydrogen (secondary N) is 1. The zero-order valence-electron chi connectivity index (χ0n) is 13.9. The van der Waals surface area contributed by atoms with Gasteiger partial charge in [-0.25, -0.2) is 8.42 Å². The second-order valence-electron chi connectivity index (χ2n) is 7.48. The molecule has 5 heteroatoms. The van der Waals surface area contributed by atoms with E-state index in [1.54, 1.807) is 0 Å². The Morgan fingerprint density at radius 3 is 2.67 bits per heavy atom. The highest BCUT2D eigenvalue weighted by atomic mass is 32.2. The zero-order chi connectivity index (χ0) is 15.5. The van der Waals surface area contributed by atoms with E-state index in [-0.39, 0.29) is 0 Å². The van der Waals surface area contributed by atoms with Gasteiger partial charge >= 0.3 is 0 Å². The van der Waals surface area contributed by atoms with Crippen LogP contribution in [0.4, 0.5) is 0 Å². The van der Waals surface area contributed by atoms with Gasteiger partial charge in [-0.1, -0.05) is 27.2 Å². The SMILES string of the molecule is CCNC1C(CN2CCCS(=O)(=O)CC2)CCCC1(C)C. The van der Waals surface area contributed by atoms with E-state index in [9.17, 15) is 8.42 Å². The highest BCUT2D eigenvalue weighted by Gasteiger charge is 2.39. The minimum absolute atomic E-state index is 0.342. The van der Waals surface area contributed by atoms with E-state index in [0.717, 1.165) is 32.6 Å². The van der Waals surface area contributed by atoms with Crippen LogP contribution in [0.3, 0.4) is 0 Å². The summed E-state index contributed by atoms with van der Waals surface area (Å²) in [5.74, 6) is 1.36. The molecule has 2 atom stereocenters. The second-order valence-corrected chi connectivity index (χ2v) is 9.79. The average Bonchev–Trinajstić information content (AvgIpc) is 2.55. The smallest absolute Gasteiger partial charge is 0.151 e. The van der Waals surface area contributed by atoms with E-state index in [0.29, 0.717) is 28.9 Å². The van der Waals surface area contributed by atoms with Gasteiger partial charge in [-0.2, -0.15) is 0 Å². The normalized spacial score (nSPS) is 33.5. The van der Waals surface area contributed by atoms with Crippen LogP contribution in [0.5, 0.6) is 0 Å². The van der Waals surface area contributed by atoms with Crippen LogP contribution in [-0.2, 0) is 9.84 Å². The van der Waals surface area contributed by atoms with Gasteiger partial charge in [0.25, 0.3) is 0 Å². The summed E-state index contributed by atoms with van der Waals surface area (Å²) in [6.45, 7) is 10.7. The molecule has 0 aromatic rings. The Bertz CT molecular complexity index is 434. The summed E-state index contributed by atoms with van der Waals surface area (Å²) in [6.07, 6.45) is 4.65. The third kappa shape index (κ3) is 4.67. The van der Waals surface area contributed by atoms with Crippen LogP contribution < -0.4 is 5.32 Å². The molecule has 1 N–H and O–H groups in total. The minimum Gasteiger partial charge on any atom is -0.313 e. The molecule has 2 fully saturated rings. The van der Waals surface area contributed by atoms with Gasteiger partial charge in [0, 0.05) is 19.1 Å². The van der Waals surface area contributed by atoms with Crippen molar-refractivity contribution < 1.29 is 8.42 Å². The number of hydrogen-bond acceptors (Lipinski definition) is 4. The fraction of sp³-hybridized carbons (Fsp3) is 1.00. The standard InChI is InChI=1S/C16H32N2O2S/c1-4-17-15-14(7-5-8-16(15,2)3)13-18-9-6-11-21(19,20)12-10-18/h14-15,17H,4-13H2,1-3H3. The van der Waals surface area contributed by atoms with E-state index in [4.69, 9.17) is 0 Å². The second kappa shape index (κ2) is 6.97. The maximum Gasteiger partial charge on any atom is 0.151 e. The number of sulfone groups is 1. The summed E-state index contributed by atoms with van der Waals surface area (Å²) >= 11 is 0. The zero-order valence-corrected chi connectivity index (χ0v) is 14.7. The van der Waals surface area contributed by atoms with Gasteiger partial charge in [-0.3, -0.25) is 0 Å². The Balaban J connectivity index is 1.99. The lowest BCUT2D eigenvalue weighted by Gasteiger charge is -2.46. The lowest BCUT2D eigenvalue weighted by molar-refractivity contribution is 0.0818. The molecule has 0 radical (unpaired) electrons. The van der Waals surface area contributed by atoms with Crippen molar-refractivity contribution in [1.29, 1.82) is 0 Å². The van der Waals surface area contributed by atoms with Crippen molar-refractivity contribution in [3.63, 3.8) is 0 Å². The van der Waals surface area contributed by atoms with Crippen molar-refractivity contribution in [2.75, 3.05) is 37.7 Å². The Hall–Kier alpha value is -0.130. The van der Waals surface area contributed by atoms with Crippen molar-refractivity contribution in [3.8, 4) is 0 Å². The predicted octanol–water partition coefficient (Wildman–Crippen LogP) is 1.91. The van der Waals surface area contributed by atoms with E-state index >= 15 is 0 Å². The highest BCUT2D eigenvalue weighted by Crippen LogP contribution is 2.39. The van der Waals surface area contributed by atoms with Gasteiger partial charge in [0.2, 0.25) is 0 Å². The van der Waals surface area contributed by atoms with Crippen molar-refractivity contribution in [3.05, 3.63) is 0 Å². The maximum atomic E-state index is 11.7. The first-order valence-corrected chi connectivity index (χ1v) is 10.3. The molecule has 2 unspecified atom stereocenters. The molecule has 1 aliphatic carbocycles. The summed E-state index contributed by atoms with van der Waals surface area (Å²) in [5.41, 5.74) is 0.344. The maximum absolute atomic E-state index is 11.7. The molecular formula is C16H32N2O2S. The minimum atomic E-state index is -2.80. The molecule has 124 valence electrons. The number of rotatable bonds is 4. The Kier molecular flexibility index (Phi) is 5.71. The first-order chi connectivity index (χ1) is 9.84. The van der Waals surface area contributed by atoms with E-state index in [2.05, 4.69) is 31.0 Å². The first-order valence-electron chi connectivity index (χ1n) is 8.50. The summed E-state index contributed by atoms with van der Waals surface area (Å²) in [4.78, 5) is 2.39. The lowest BCUT2D eigenvalue weighted by atomic mass is 9.67. The summed E-state index contributed by atoms with van der Waals surface area (Å²) in [6, 6.07) is 0.552.